The molecule has 0 atom stereocenters. The van der Waals surface area contributed by atoms with Gasteiger partial charge in [0.25, 0.3) is 0 Å². The Morgan fingerprint density at radius 2 is 2.05 bits per heavy atom. The second-order valence-electron chi connectivity index (χ2n) is 5.54. The van der Waals surface area contributed by atoms with Gasteiger partial charge in [-0.2, -0.15) is 0 Å². The second kappa shape index (κ2) is 6.13. The molecule has 0 radical (unpaired) electrons. The highest BCUT2D eigenvalue weighted by Crippen LogP contribution is 2.23. The van der Waals surface area contributed by atoms with Crippen LogP contribution in [0.5, 0.6) is 0 Å². The van der Waals surface area contributed by atoms with Crippen LogP contribution in [0.1, 0.15) is 33.4 Å². The molecule has 0 aliphatic carbocycles. The van der Waals surface area contributed by atoms with Gasteiger partial charge in [-0.1, -0.05) is 0 Å². The van der Waals surface area contributed by atoms with E-state index in [1.165, 1.54) is 13.1 Å². The molecular weight excluding hydrogens is 342 g/mol. The van der Waals surface area contributed by atoms with Crippen molar-refractivity contribution >= 4 is 44.0 Å². The molecule has 1 N–H and O–H groups in total. The Labute approximate surface area is 129 Å². The number of halogens is 1. The van der Waals surface area contributed by atoms with Gasteiger partial charge in [0.2, 0.25) is 5.91 Å². The lowest BCUT2D eigenvalue weighted by molar-refractivity contribution is -0.114. The molecule has 0 bridgehead atoms. The molecular formula is C13H20BrN3O2S. The van der Waals surface area contributed by atoms with Gasteiger partial charge in [-0.3, -0.25) is 9.00 Å². The molecule has 0 aliphatic heterocycles. The van der Waals surface area contributed by atoms with Crippen molar-refractivity contribution in [3.05, 3.63) is 22.3 Å². The molecule has 1 amide bonds. The Bertz CT molecular complexity index is 594. The Morgan fingerprint density at radius 1 is 1.45 bits per heavy atom. The normalized spacial score (nSPS) is 13.5. The Hall–Kier alpha value is -1.08. The monoisotopic (exact) mass is 361 g/mol. The van der Waals surface area contributed by atoms with E-state index in [1.807, 2.05) is 20.8 Å². The number of pyridine rings is 1. The van der Waals surface area contributed by atoms with Crippen LogP contribution in [0, 0.1) is 0 Å². The van der Waals surface area contributed by atoms with E-state index in [0.717, 1.165) is 4.47 Å². The van der Waals surface area contributed by atoms with E-state index in [4.69, 9.17) is 0 Å². The van der Waals surface area contributed by atoms with Gasteiger partial charge in [-0.25, -0.2) is 9.38 Å². The lowest BCUT2D eigenvalue weighted by Gasteiger charge is -2.29. The summed E-state index contributed by atoms with van der Waals surface area (Å²) >= 11 is 3.36. The molecule has 20 heavy (non-hydrogen) atoms. The van der Waals surface area contributed by atoms with E-state index in [-0.39, 0.29) is 5.91 Å². The van der Waals surface area contributed by atoms with Crippen molar-refractivity contribution in [3.8, 4) is 0 Å². The molecule has 0 saturated carbocycles. The van der Waals surface area contributed by atoms with Gasteiger partial charge in [0.1, 0.15) is 5.82 Å². The number of rotatable bonds is 3. The largest absolute Gasteiger partial charge is 0.311 e. The summed E-state index contributed by atoms with van der Waals surface area (Å²) in [5.41, 5.74) is 0.530. The highest BCUT2D eigenvalue weighted by molar-refractivity contribution is 9.10. The van der Waals surface area contributed by atoms with Crippen molar-refractivity contribution in [2.45, 2.75) is 32.4 Å². The zero-order valence-corrected chi connectivity index (χ0v) is 14.7. The summed E-state index contributed by atoms with van der Waals surface area (Å²) in [5.74, 6) is 0.238. The predicted molar refractivity (Wildman–Crippen MR) is 89.0 cm³/mol. The van der Waals surface area contributed by atoms with E-state index >= 15 is 0 Å². The van der Waals surface area contributed by atoms with Gasteiger partial charge in [-0.15, -0.1) is 0 Å². The number of carbonyl (C=O) groups excluding carboxylic acids is 1. The Balaban J connectivity index is 3.09. The van der Waals surface area contributed by atoms with Crippen LogP contribution in [0.3, 0.4) is 0 Å². The van der Waals surface area contributed by atoms with Crippen molar-refractivity contribution in [2.24, 2.45) is 4.40 Å². The van der Waals surface area contributed by atoms with Crippen LogP contribution in [0.15, 0.2) is 21.0 Å². The second-order valence-corrected chi connectivity index (χ2v) is 9.72. The topological polar surface area (TPSA) is 71.4 Å². The van der Waals surface area contributed by atoms with Gasteiger partial charge in [0.15, 0.2) is 0 Å². The van der Waals surface area contributed by atoms with Gasteiger partial charge in [-0.05, 0) is 59.0 Å². The lowest BCUT2D eigenvalue weighted by Crippen LogP contribution is -2.31. The third kappa shape index (κ3) is 4.49. The average Bonchev–Trinajstić information content (AvgIpc) is 2.27. The molecule has 0 saturated heterocycles. The van der Waals surface area contributed by atoms with Crippen molar-refractivity contribution in [1.82, 2.24) is 4.98 Å². The first-order chi connectivity index (χ1) is 9.03. The van der Waals surface area contributed by atoms with E-state index in [1.54, 1.807) is 18.4 Å². The van der Waals surface area contributed by atoms with Gasteiger partial charge < -0.3 is 5.32 Å². The van der Waals surface area contributed by atoms with Gasteiger partial charge in [0.05, 0.1) is 11.9 Å². The number of amides is 1. The summed E-state index contributed by atoms with van der Waals surface area (Å²) in [5, 5.41) is 2.60. The molecule has 7 heteroatoms. The van der Waals surface area contributed by atoms with E-state index in [9.17, 15) is 9.00 Å². The quantitative estimate of drug-likeness (QED) is 0.641. The fourth-order valence-corrected chi connectivity index (χ4v) is 2.14. The van der Waals surface area contributed by atoms with E-state index in [2.05, 4.69) is 30.6 Å². The molecule has 1 heterocycles. The summed E-state index contributed by atoms with van der Waals surface area (Å²) in [6.45, 7) is 7.08. The fraction of sp³-hybridized carbons (Fsp3) is 0.462. The van der Waals surface area contributed by atoms with Crippen molar-refractivity contribution in [2.75, 3.05) is 11.6 Å². The van der Waals surface area contributed by atoms with Crippen LogP contribution >= 0.6 is 15.9 Å². The molecule has 5 nitrogen and oxygen atoms in total. The van der Waals surface area contributed by atoms with Gasteiger partial charge >= 0.3 is 0 Å². The number of nitrogens with one attached hydrogen (secondary N) is 1. The first-order valence-electron chi connectivity index (χ1n) is 6.10. The number of anilines is 1. The maximum absolute atomic E-state index is 12.5. The van der Waals surface area contributed by atoms with Crippen LogP contribution in [0.2, 0.25) is 0 Å². The van der Waals surface area contributed by atoms with Crippen molar-refractivity contribution in [1.29, 1.82) is 0 Å². The summed E-state index contributed by atoms with van der Waals surface area (Å²) in [7, 11) is -2.68. The molecule has 1 rings (SSSR count). The smallest absolute Gasteiger partial charge is 0.222 e. The van der Waals surface area contributed by atoms with Crippen LogP contribution in [-0.4, -0.2) is 32.3 Å². The standard InChI is InChI=1S/C13H20BrN3O2S/c1-9(18)16-12-7-6-10(14)11(17-12)8-15-20(5,19)13(2,3)4/h6-8,20H,1-5H3,(H,16,17,18)/b15-8-. The SMILES string of the molecule is CC(=O)Nc1ccc(Br)c(/C=N\[SH](C)(=O)C(C)(C)C)n1. The number of carbonyl (C=O) groups is 1. The summed E-state index contributed by atoms with van der Waals surface area (Å²) < 4.78 is 17.0. The van der Waals surface area contributed by atoms with Crippen LogP contribution in [-0.2, 0) is 14.9 Å². The highest BCUT2D eigenvalue weighted by atomic mass is 79.9. The number of hydrogen-bond acceptors (Lipinski definition) is 3. The van der Waals surface area contributed by atoms with Crippen LogP contribution in [0.25, 0.3) is 0 Å². The molecule has 1 aromatic rings. The van der Waals surface area contributed by atoms with E-state index < -0.39 is 14.9 Å². The minimum absolute atomic E-state index is 0.196. The number of nitrogens with zero attached hydrogens (tertiary/aromatic N) is 2. The molecule has 0 unspecified atom stereocenters. The lowest BCUT2D eigenvalue weighted by atomic mass is 10.3. The fourth-order valence-electron chi connectivity index (χ4n) is 1.14. The summed E-state index contributed by atoms with van der Waals surface area (Å²) in [6, 6.07) is 3.44. The Kier molecular flexibility index (Phi) is 5.21. The molecule has 1 aromatic heterocycles. The average molecular weight is 362 g/mol. The maximum atomic E-state index is 12.5. The third-order valence-corrected chi connectivity index (χ3v) is 6.54. The molecule has 0 fully saturated rings. The first-order valence-corrected chi connectivity index (χ1v) is 9.00. The predicted octanol–water partition coefficient (Wildman–Crippen LogP) is 2.58. The molecule has 0 aromatic carbocycles. The minimum atomic E-state index is -2.68. The van der Waals surface area contributed by atoms with Gasteiger partial charge in [0, 0.05) is 22.4 Å². The first kappa shape index (κ1) is 17.0. The minimum Gasteiger partial charge on any atom is -0.311 e. The molecule has 0 aliphatic rings. The zero-order valence-electron chi connectivity index (χ0n) is 12.3. The zero-order chi connectivity index (χ0) is 15.6. The van der Waals surface area contributed by atoms with Crippen LogP contribution in [0.4, 0.5) is 5.82 Å². The number of aromatic nitrogens is 1. The number of thiol groups is 1. The summed E-state index contributed by atoms with van der Waals surface area (Å²) in [6.07, 6.45) is 3.14. The van der Waals surface area contributed by atoms with E-state index in [0.29, 0.717) is 11.5 Å². The van der Waals surface area contributed by atoms with Crippen molar-refractivity contribution < 1.29 is 9.00 Å². The number of hydrogen-bond donors (Lipinski definition) is 2. The highest BCUT2D eigenvalue weighted by Gasteiger charge is 2.24. The summed E-state index contributed by atoms with van der Waals surface area (Å²) in [4.78, 5) is 15.3. The maximum Gasteiger partial charge on any atom is 0.222 e. The Morgan fingerprint density at radius 3 is 2.55 bits per heavy atom. The van der Waals surface area contributed by atoms with Crippen molar-refractivity contribution in [3.63, 3.8) is 0 Å². The third-order valence-electron chi connectivity index (χ3n) is 2.82. The van der Waals surface area contributed by atoms with Crippen LogP contribution < -0.4 is 5.32 Å². The molecule has 0 spiro atoms. The molecule has 112 valence electrons.